The number of nitrogens with one attached hydrogen (secondary N) is 1. The normalized spacial score (nSPS) is 10.3. The first-order chi connectivity index (χ1) is 9.15. The Kier molecular flexibility index (Phi) is 3.85. The lowest BCUT2D eigenvalue weighted by Crippen LogP contribution is -2.15. The van der Waals surface area contributed by atoms with Gasteiger partial charge >= 0.3 is 0 Å². The van der Waals surface area contributed by atoms with E-state index < -0.39 is 0 Å². The molecule has 0 spiro atoms. The Bertz CT molecular complexity index is 635. The first-order valence-electron chi connectivity index (χ1n) is 5.90. The number of hydrogen-bond donors (Lipinski definition) is 1. The van der Waals surface area contributed by atoms with Gasteiger partial charge in [0.2, 0.25) is 0 Å². The van der Waals surface area contributed by atoms with E-state index in [0.717, 1.165) is 11.3 Å². The Morgan fingerprint density at radius 3 is 2.68 bits per heavy atom. The predicted molar refractivity (Wildman–Crippen MR) is 71.9 cm³/mol. The Morgan fingerprint density at radius 1 is 1.21 bits per heavy atom. The van der Waals surface area contributed by atoms with E-state index in [0.29, 0.717) is 23.5 Å². The SMILES string of the molecule is COc1cccc(Cc2cc(C)n[nH]c2=O)c1OC. The van der Waals surface area contributed by atoms with Crippen LogP contribution in [0.4, 0.5) is 0 Å². The molecule has 100 valence electrons. The fourth-order valence-corrected chi connectivity index (χ4v) is 1.99. The summed E-state index contributed by atoms with van der Waals surface area (Å²) in [5, 5.41) is 6.34. The molecular formula is C14H16N2O3. The largest absolute Gasteiger partial charge is 0.493 e. The highest BCUT2D eigenvalue weighted by atomic mass is 16.5. The van der Waals surface area contributed by atoms with E-state index in [1.165, 1.54) is 0 Å². The number of benzene rings is 1. The highest BCUT2D eigenvalue weighted by Gasteiger charge is 2.11. The van der Waals surface area contributed by atoms with E-state index in [1.807, 2.05) is 25.1 Å². The summed E-state index contributed by atoms with van der Waals surface area (Å²) in [5.41, 5.74) is 2.14. The molecule has 0 saturated carbocycles. The summed E-state index contributed by atoms with van der Waals surface area (Å²) >= 11 is 0. The van der Waals surface area contributed by atoms with E-state index in [1.54, 1.807) is 20.3 Å². The molecule has 2 aromatic rings. The van der Waals surface area contributed by atoms with Crippen LogP contribution < -0.4 is 15.0 Å². The fraction of sp³-hybridized carbons (Fsp3) is 0.286. The lowest BCUT2D eigenvalue weighted by atomic mass is 10.0. The Balaban J connectivity index is 2.43. The number of aryl methyl sites for hydroxylation is 1. The van der Waals surface area contributed by atoms with E-state index in [-0.39, 0.29) is 5.56 Å². The summed E-state index contributed by atoms with van der Waals surface area (Å²) in [5.74, 6) is 1.31. The molecule has 0 unspecified atom stereocenters. The quantitative estimate of drug-likeness (QED) is 0.908. The van der Waals surface area contributed by atoms with Gasteiger partial charge in [-0.25, -0.2) is 5.10 Å². The molecule has 5 heteroatoms. The van der Waals surface area contributed by atoms with Crippen LogP contribution in [0.15, 0.2) is 29.1 Å². The van der Waals surface area contributed by atoms with Crippen molar-refractivity contribution in [1.29, 1.82) is 0 Å². The van der Waals surface area contributed by atoms with Gasteiger partial charge in [-0.05, 0) is 19.1 Å². The van der Waals surface area contributed by atoms with Gasteiger partial charge in [0.15, 0.2) is 11.5 Å². The van der Waals surface area contributed by atoms with Crippen molar-refractivity contribution in [2.24, 2.45) is 0 Å². The van der Waals surface area contributed by atoms with Gasteiger partial charge in [-0.15, -0.1) is 0 Å². The van der Waals surface area contributed by atoms with Crippen LogP contribution in [0.5, 0.6) is 11.5 Å². The average molecular weight is 260 g/mol. The van der Waals surface area contributed by atoms with Crippen LogP contribution in [0.1, 0.15) is 16.8 Å². The highest BCUT2D eigenvalue weighted by molar-refractivity contribution is 5.48. The first-order valence-corrected chi connectivity index (χ1v) is 5.90. The number of para-hydroxylation sites is 1. The fourth-order valence-electron chi connectivity index (χ4n) is 1.99. The standard InChI is InChI=1S/C14H16N2O3/c1-9-7-11(14(17)16-15-9)8-10-5-4-6-12(18-2)13(10)19-3/h4-7H,8H2,1-3H3,(H,16,17). The summed E-state index contributed by atoms with van der Waals surface area (Å²) in [6.45, 7) is 1.84. The van der Waals surface area contributed by atoms with Gasteiger partial charge in [0.05, 0.1) is 19.9 Å². The Labute approximate surface area is 111 Å². The minimum Gasteiger partial charge on any atom is -0.493 e. The third-order valence-electron chi connectivity index (χ3n) is 2.87. The molecule has 0 bridgehead atoms. The van der Waals surface area contributed by atoms with Gasteiger partial charge < -0.3 is 9.47 Å². The average Bonchev–Trinajstić information content (AvgIpc) is 2.42. The smallest absolute Gasteiger partial charge is 0.267 e. The summed E-state index contributed by atoms with van der Waals surface area (Å²) in [7, 11) is 3.18. The van der Waals surface area contributed by atoms with Crippen LogP contribution in [0, 0.1) is 6.92 Å². The van der Waals surface area contributed by atoms with Crippen molar-refractivity contribution < 1.29 is 9.47 Å². The van der Waals surface area contributed by atoms with Crippen molar-refractivity contribution in [2.45, 2.75) is 13.3 Å². The minimum atomic E-state index is -0.185. The van der Waals surface area contributed by atoms with Crippen LogP contribution in [0.25, 0.3) is 0 Å². The minimum absolute atomic E-state index is 0.185. The van der Waals surface area contributed by atoms with Crippen molar-refractivity contribution >= 4 is 0 Å². The van der Waals surface area contributed by atoms with Crippen LogP contribution in [0.2, 0.25) is 0 Å². The molecule has 1 aromatic heterocycles. The molecule has 5 nitrogen and oxygen atoms in total. The summed E-state index contributed by atoms with van der Waals surface area (Å²) in [6.07, 6.45) is 0.471. The van der Waals surface area contributed by atoms with Gasteiger partial charge in [0.25, 0.3) is 5.56 Å². The van der Waals surface area contributed by atoms with E-state index in [2.05, 4.69) is 10.2 Å². The second kappa shape index (κ2) is 5.56. The van der Waals surface area contributed by atoms with Gasteiger partial charge in [0, 0.05) is 17.5 Å². The summed E-state index contributed by atoms with van der Waals surface area (Å²) < 4.78 is 10.6. The van der Waals surface area contributed by atoms with Gasteiger partial charge in [-0.1, -0.05) is 12.1 Å². The zero-order valence-corrected chi connectivity index (χ0v) is 11.2. The number of H-pyrrole nitrogens is 1. The first kappa shape index (κ1) is 13.1. The highest BCUT2D eigenvalue weighted by Crippen LogP contribution is 2.31. The molecule has 0 aliphatic heterocycles. The maximum Gasteiger partial charge on any atom is 0.267 e. The number of aromatic nitrogens is 2. The molecule has 0 saturated heterocycles. The number of aromatic amines is 1. The maximum absolute atomic E-state index is 11.7. The van der Waals surface area contributed by atoms with Crippen molar-refractivity contribution in [3.63, 3.8) is 0 Å². The van der Waals surface area contributed by atoms with Crippen LogP contribution in [0.3, 0.4) is 0 Å². The van der Waals surface area contributed by atoms with Gasteiger partial charge in [-0.2, -0.15) is 5.10 Å². The van der Waals surface area contributed by atoms with Crippen molar-refractivity contribution in [3.8, 4) is 11.5 Å². The van der Waals surface area contributed by atoms with Crippen molar-refractivity contribution in [2.75, 3.05) is 14.2 Å². The maximum atomic E-state index is 11.7. The Morgan fingerprint density at radius 2 is 2.00 bits per heavy atom. The van der Waals surface area contributed by atoms with Crippen molar-refractivity contribution in [1.82, 2.24) is 10.2 Å². The van der Waals surface area contributed by atoms with Crippen LogP contribution >= 0.6 is 0 Å². The monoisotopic (exact) mass is 260 g/mol. The lowest BCUT2D eigenvalue weighted by molar-refractivity contribution is 0.352. The second-order valence-electron chi connectivity index (χ2n) is 4.19. The number of ether oxygens (including phenoxy) is 2. The Hall–Kier alpha value is -2.30. The zero-order valence-electron chi connectivity index (χ0n) is 11.2. The van der Waals surface area contributed by atoms with Crippen molar-refractivity contribution in [3.05, 3.63) is 51.4 Å². The lowest BCUT2D eigenvalue weighted by Gasteiger charge is -2.12. The van der Waals surface area contributed by atoms with Gasteiger partial charge in [-0.3, -0.25) is 4.79 Å². The molecule has 0 fully saturated rings. The molecule has 0 atom stereocenters. The van der Waals surface area contributed by atoms with E-state index in [9.17, 15) is 4.79 Å². The summed E-state index contributed by atoms with van der Waals surface area (Å²) in [6, 6.07) is 7.39. The van der Waals surface area contributed by atoms with E-state index in [4.69, 9.17) is 9.47 Å². The number of nitrogens with zero attached hydrogens (tertiary/aromatic N) is 1. The third kappa shape index (κ3) is 2.76. The molecule has 0 radical (unpaired) electrons. The topological polar surface area (TPSA) is 64.2 Å². The number of rotatable bonds is 4. The van der Waals surface area contributed by atoms with Crippen LogP contribution in [-0.2, 0) is 6.42 Å². The molecule has 0 amide bonds. The number of methoxy groups -OCH3 is 2. The molecule has 0 aliphatic rings. The van der Waals surface area contributed by atoms with Gasteiger partial charge in [0.1, 0.15) is 0 Å². The van der Waals surface area contributed by atoms with E-state index >= 15 is 0 Å². The number of hydrogen-bond acceptors (Lipinski definition) is 4. The molecule has 1 heterocycles. The molecule has 1 aromatic carbocycles. The molecular weight excluding hydrogens is 244 g/mol. The molecule has 19 heavy (non-hydrogen) atoms. The van der Waals surface area contributed by atoms with Crippen LogP contribution in [-0.4, -0.2) is 24.4 Å². The molecule has 1 N–H and O–H groups in total. The third-order valence-corrected chi connectivity index (χ3v) is 2.87. The second-order valence-corrected chi connectivity index (χ2v) is 4.19. The molecule has 0 aliphatic carbocycles. The molecule has 2 rings (SSSR count). The summed E-state index contributed by atoms with van der Waals surface area (Å²) in [4.78, 5) is 11.7. The predicted octanol–water partition coefficient (Wildman–Crippen LogP) is 1.69. The zero-order chi connectivity index (χ0) is 13.8.